The van der Waals surface area contributed by atoms with E-state index in [1.165, 1.54) is 0 Å². The maximum atomic E-state index is 11.9. The van der Waals surface area contributed by atoms with E-state index in [0.29, 0.717) is 22.5 Å². The average Bonchev–Trinajstić information content (AvgIpc) is 3.61. The molecule has 248 valence electrons. The summed E-state index contributed by atoms with van der Waals surface area (Å²) in [6.45, 7) is 21.9. The molecule has 0 aliphatic heterocycles. The van der Waals surface area contributed by atoms with Crippen LogP contribution in [0.5, 0.6) is 11.5 Å². The number of aromatic hydroxyl groups is 2. The molecule has 0 radical (unpaired) electrons. The van der Waals surface area contributed by atoms with Crippen molar-refractivity contribution >= 4 is 27.6 Å². The normalized spacial score (nSPS) is 12.7. The Labute approximate surface area is 282 Å². The minimum atomic E-state index is -0.253. The minimum absolute atomic E-state index is 0.00762. The maximum Gasteiger partial charge on any atom is 0.121 e. The molecule has 2 N–H and O–H groups in total. The van der Waals surface area contributed by atoms with Crippen LogP contribution in [-0.2, 0) is 11.8 Å². The summed E-state index contributed by atoms with van der Waals surface area (Å²) in [5, 5.41) is 42.8. The van der Waals surface area contributed by atoms with Gasteiger partial charge in [0.15, 0.2) is 0 Å². The molecule has 0 amide bonds. The van der Waals surface area contributed by atoms with Crippen LogP contribution in [0.1, 0.15) is 90.5 Å². The van der Waals surface area contributed by atoms with E-state index in [0.717, 1.165) is 51.6 Å². The fourth-order valence-corrected chi connectivity index (χ4v) is 6.88. The third-order valence-corrected chi connectivity index (χ3v) is 8.67. The third kappa shape index (κ3) is 6.84. The highest BCUT2D eigenvalue weighted by Gasteiger charge is 2.30. The molecule has 0 aliphatic carbocycles. The molecular formula is C40H46N6O2. The van der Waals surface area contributed by atoms with Crippen LogP contribution in [-0.4, -0.2) is 40.2 Å². The van der Waals surface area contributed by atoms with Crippen molar-refractivity contribution in [3.63, 3.8) is 0 Å². The zero-order valence-corrected chi connectivity index (χ0v) is 29.3. The molecule has 0 saturated carbocycles. The van der Waals surface area contributed by atoms with Crippen molar-refractivity contribution < 1.29 is 10.2 Å². The van der Waals surface area contributed by atoms with Gasteiger partial charge in [-0.1, -0.05) is 86.2 Å². The highest BCUT2D eigenvalue weighted by molar-refractivity contribution is 5.76. The molecule has 8 nitrogen and oxygen atoms in total. The quantitative estimate of drug-likeness (QED) is 0.172. The van der Waals surface area contributed by atoms with Crippen LogP contribution >= 0.6 is 0 Å². The van der Waals surface area contributed by atoms with Crippen LogP contribution in [0, 0.1) is 10.8 Å². The number of fused-ring (bicyclic) bond motifs is 2. The smallest absolute Gasteiger partial charge is 0.121 e. The zero-order chi connectivity index (χ0) is 34.6. The predicted octanol–water partition coefficient (Wildman–Crippen LogP) is 9.32. The summed E-state index contributed by atoms with van der Waals surface area (Å²) in [7, 11) is 0. The van der Waals surface area contributed by atoms with Crippen LogP contribution in [0.3, 0.4) is 0 Å². The van der Waals surface area contributed by atoms with Gasteiger partial charge in [-0.25, -0.2) is 0 Å². The lowest BCUT2D eigenvalue weighted by Gasteiger charge is -2.33. The highest BCUT2D eigenvalue weighted by atomic mass is 16.3. The minimum Gasteiger partial charge on any atom is -0.508 e. The largest absolute Gasteiger partial charge is 0.508 e. The number of benzene rings is 4. The summed E-state index contributed by atoms with van der Waals surface area (Å²) in [4.78, 5) is 3.18. The highest BCUT2D eigenvalue weighted by Crippen LogP contribution is 2.42. The molecule has 0 unspecified atom stereocenters. The summed E-state index contributed by atoms with van der Waals surface area (Å²) in [5.74, 6) is 0.177. The second-order valence-corrected chi connectivity index (χ2v) is 16.1. The lowest BCUT2D eigenvalue weighted by Crippen LogP contribution is -2.25. The Kier molecular flexibility index (Phi) is 8.18. The van der Waals surface area contributed by atoms with Crippen molar-refractivity contribution in [2.24, 2.45) is 10.8 Å². The lowest BCUT2D eigenvalue weighted by molar-refractivity contribution is 0.283. The molecule has 0 saturated heterocycles. The molecule has 4 aromatic carbocycles. The van der Waals surface area contributed by atoms with E-state index in [1.807, 2.05) is 60.7 Å². The van der Waals surface area contributed by atoms with Crippen molar-refractivity contribution in [3.05, 3.63) is 102 Å². The van der Waals surface area contributed by atoms with Crippen LogP contribution in [0.25, 0.3) is 39.0 Å². The summed E-state index contributed by atoms with van der Waals surface area (Å²) in [6, 6.07) is 23.1. The first-order chi connectivity index (χ1) is 22.5. The van der Waals surface area contributed by atoms with Crippen molar-refractivity contribution in [3.8, 4) is 22.9 Å². The molecule has 0 atom stereocenters. The first kappa shape index (κ1) is 32.9. The number of hydrogen-bond donors (Lipinski definition) is 2. The molecule has 0 fully saturated rings. The Morgan fingerprint density at radius 3 is 1.50 bits per heavy atom. The lowest BCUT2D eigenvalue weighted by atomic mass is 9.72. The maximum absolute atomic E-state index is 11.9. The molecule has 0 aliphatic rings. The van der Waals surface area contributed by atoms with E-state index >= 15 is 0 Å². The van der Waals surface area contributed by atoms with Gasteiger partial charge in [0.2, 0.25) is 0 Å². The van der Waals surface area contributed by atoms with Crippen LogP contribution < -0.4 is 0 Å². The van der Waals surface area contributed by atoms with Crippen molar-refractivity contribution in [2.75, 3.05) is 0 Å². The van der Waals surface area contributed by atoms with Gasteiger partial charge in [-0.3, -0.25) is 0 Å². The molecule has 0 bridgehead atoms. The van der Waals surface area contributed by atoms with Gasteiger partial charge in [0, 0.05) is 17.5 Å². The van der Waals surface area contributed by atoms with Crippen LogP contribution in [0.15, 0.2) is 79.4 Å². The SMILES string of the molecule is C=C(CC(C)(C)C)c1cc(O)c(Cc2c(O)cc(C(C)(C)CC(C)(C)C)cc2-n2nc3ccccc3n2)c(-n2nc3ccccc3n2)c1. The molecule has 2 heterocycles. The van der Waals surface area contributed by atoms with Gasteiger partial charge in [0.05, 0.1) is 11.4 Å². The number of phenols is 2. The van der Waals surface area contributed by atoms with E-state index < -0.39 is 0 Å². The first-order valence-electron chi connectivity index (χ1n) is 16.5. The molecule has 8 heteroatoms. The Morgan fingerprint density at radius 2 is 1.06 bits per heavy atom. The summed E-state index contributed by atoms with van der Waals surface area (Å²) >= 11 is 0. The van der Waals surface area contributed by atoms with Gasteiger partial charge in [0.1, 0.15) is 33.6 Å². The predicted molar refractivity (Wildman–Crippen MR) is 194 cm³/mol. The third-order valence-electron chi connectivity index (χ3n) is 8.67. The van der Waals surface area contributed by atoms with Crippen molar-refractivity contribution in [2.45, 2.75) is 80.1 Å². The Hall–Kier alpha value is -4.98. The monoisotopic (exact) mass is 642 g/mol. The topological polar surface area (TPSA) is 102 Å². The van der Waals surface area contributed by atoms with Gasteiger partial charge >= 0.3 is 0 Å². The van der Waals surface area contributed by atoms with Gasteiger partial charge < -0.3 is 10.2 Å². The summed E-state index contributed by atoms with van der Waals surface area (Å²) in [5.41, 5.74) is 7.90. The zero-order valence-electron chi connectivity index (χ0n) is 29.3. The van der Waals surface area contributed by atoms with Gasteiger partial charge in [0.25, 0.3) is 0 Å². The number of hydrogen-bond acceptors (Lipinski definition) is 6. The average molecular weight is 643 g/mol. The van der Waals surface area contributed by atoms with E-state index in [4.69, 9.17) is 20.4 Å². The summed E-state index contributed by atoms with van der Waals surface area (Å²) in [6.07, 6.45) is 1.81. The van der Waals surface area contributed by atoms with Gasteiger partial charge in [-0.05, 0) is 94.3 Å². The molecule has 6 rings (SSSR count). The van der Waals surface area contributed by atoms with Crippen molar-refractivity contribution in [1.29, 1.82) is 0 Å². The Balaban J connectivity index is 1.56. The van der Waals surface area contributed by atoms with E-state index in [1.54, 1.807) is 15.7 Å². The van der Waals surface area contributed by atoms with Crippen LogP contribution in [0.4, 0.5) is 0 Å². The number of rotatable bonds is 8. The van der Waals surface area contributed by atoms with Gasteiger partial charge in [-0.15, -0.1) is 30.0 Å². The first-order valence-corrected chi connectivity index (χ1v) is 16.5. The second kappa shape index (κ2) is 11.9. The van der Waals surface area contributed by atoms with E-state index in [9.17, 15) is 10.2 Å². The number of aromatic nitrogens is 6. The second-order valence-electron chi connectivity index (χ2n) is 16.1. The van der Waals surface area contributed by atoms with E-state index in [-0.39, 0.29) is 34.2 Å². The standard InChI is InChI=1S/C40H46N6O2/c1-25(23-38(2,3)4)26-18-34(45-41-30-14-10-11-15-31(30)42-45)28(36(47)19-26)22-29-35(46-43-32-16-12-13-17-33(32)44-46)20-27(21-37(29)48)40(8,9)24-39(5,6)7/h10-21,47-48H,1,22-24H2,2-9H3. The fraction of sp³-hybridized carbons (Fsp3) is 0.350. The molecule has 0 spiro atoms. The van der Waals surface area contributed by atoms with Gasteiger partial charge in [-0.2, -0.15) is 0 Å². The Morgan fingerprint density at radius 1 is 0.625 bits per heavy atom. The summed E-state index contributed by atoms with van der Waals surface area (Å²) < 4.78 is 0. The van der Waals surface area contributed by atoms with E-state index in [2.05, 4.69) is 68.0 Å². The number of allylic oxidation sites excluding steroid dienone is 1. The number of nitrogens with zero attached hydrogens (tertiary/aromatic N) is 6. The molecular weight excluding hydrogens is 596 g/mol. The number of phenolic OH excluding ortho intramolecular Hbond substituents is 2. The molecule has 48 heavy (non-hydrogen) atoms. The molecule has 6 aromatic rings. The van der Waals surface area contributed by atoms with Crippen LogP contribution in [0.2, 0.25) is 0 Å². The van der Waals surface area contributed by atoms with Crippen molar-refractivity contribution in [1.82, 2.24) is 30.0 Å². The fourth-order valence-electron chi connectivity index (χ4n) is 6.88. The molecule has 2 aromatic heterocycles. The Bertz CT molecular complexity index is 2090.